The van der Waals surface area contributed by atoms with E-state index in [2.05, 4.69) is 21.4 Å². The predicted octanol–water partition coefficient (Wildman–Crippen LogP) is 4.54. The number of halogens is 2. The Kier molecular flexibility index (Phi) is 7.03. The minimum absolute atomic E-state index is 0.103. The topological polar surface area (TPSA) is 50.4 Å². The van der Waals surface area contributed by atoms with E-state index in [0.717, 1.165) is 24.8 Å². The largest absolute Gasteiger partial charge is 0.435 e. The molecule has 2 N–H and O–H groups in total. The number of urea groups is 1. The molecule has 1 aliphatic carbocycles. The molecular weight excluding hydrogens is 314 g/mol. The van der Waals surface area contributed by atoms with Crippen molar-refractivity contribution in [3.05, 3.63) is 41.5 Å². The summed E-state index contributed by atoms with van der Waals surface area (Å²) < 4.78 is 28.5. The minimum atomic E-state index is -2.84. The molecule has 132 valence electrons. The van der Waals surface area contributed by atoms with Gasteiger partial charge >= 0.3 is 12.6 Å². The van der Waals surface area contributed by atoms with Crippen LogP contribution in [0.15, 0.2) is 35.9 Å². The number of ether oxygens (including phenoxy) is 1. The van der Waals surface area contributed by atoms with E-state index in [4.69, 9.17) is 0 Å². The monoisotopic (exact) mass is 338 g/mol. The summed E-state index contributed by atoms with van der Waals surface area (Å²) in [6, 6.07) is 5.80. The molecule has 0 bridgehead atoms. The van der Waals surface area contributed by atoms with E-state index in [0.29, 0.717) is 6.54 Å². The fourth-order valence-corrected chi connectivity index (χ4v) is 2.74. The van der Waals surface area contributed by atoms with Crippen LogP contribution in [0.1, 0.15) is 50.6 Å². The average Bonchev–Trinajstić information content (AvgIpc) is 2.56. The number of nitrogens with one attached hydrogen (secondary N) is 2. The molecule has 0 saturated heterocycles. The Bertz CT molecular complexity index is 559. The third kappa shape index (κ3) is 6.18. The number of carbonyl (C=O) groups is 1. The van der Waals surface area contributed by atoms with Crippen molar-refractivity contribution in [2.45, 2.75) is 51.7 Å². The van der Waals surface area contributed by atoms with E-state index in [1.807, 2.05) is 6.92 Å². The molecule has 0 fully saturated rings. The highest BCUT2D eigenvalue weighted by Gasteiger charge is 2.11. The summed E-state index contributed by atoms with van der Waals surface area (Å²) in [6.45, 7) is -0.380. The molecule has 2 amide bonds. The Morgan fingerprint density at radius 1 is 1.25 bits per heavy atom. The number of hydrogen-bond acceptors (Lipinski definition) is 2. The molecule has 1 unspecified atom stereocenters. The van der Waals surface area contributed by atoms with Gasteiger partial charge in [0.15, 0.2) is 0 Å². The summed E-state index contributed by atoms with van der Waals surface area (Å²) >= 11 is 0. The van der Waals surface area contributed by atoms with Crippen molar-refractivity contribution in [1.29, 1.82) is 0 Å². The van der Waals surface area contributed by atoms with Gasteiger partial charge < -0.3 is 15.4 Å². The van der Waals surface area contributed by atoms with Crippen LogP contribution >= 0.6 is 0 Å². The second-order valence-corrected chi connectivity index (χ2v) is 5.93. The number of carbonyl (C=O) groups excluding carboxylic acids is 1. The normalized spacial score (nSPS) is 15.6. The van der Waals surface area contributed by atoms with Crippen LogP contribution in [0.4, 0.5) is 13.6 Å². The van der Waals surface area contributed by atoms with Crippen LogP contribution < -0.4 is 15.4 Å². The van der Waals surface area contributed by atoms with Crippen molar-refractivity contribution in [3.8, 4) is 5.75 Å². The van der Waals surface area contributed by atoms with Crippen LogP contribution in [0.25, 0.3) is 0 Å². The van der Waals surface area contributed by atoms with E-state index in [-0.39, 0.29) is 17.8 Å². The molecule has 0 spiro atoms. The second kappa shape index (κ2) is 9.25. The molecule has 1 aliphatic rings. The Morgan fingerprint density at radius 3 is 2.62 bits per heavy atom. The highest BCUT2D eigenvalue weighted by Crippen LogP contribution is 2.20. The maximum atomic E-state index is 12.1. The molecule has 1 aromatic carbocycles. The molecule has 4 nitrogen and oxygen atoms in total. The van der Waals surface area contributed by atoms with Gasteiger partial charge in [0.05, 0.1) is 6.04 Å². The van der Waals surface area contributed by atoms with Gasteiger partial charge in [-0.15, -0.1) is 0 Å². The number of benzene rings is 1. The van der Waals surface area contributed by atoms with Crippen LogP contribution in [-0.2, 0) is 0 Å². The molecule has 6 heteroatoms. The number of amides is 2. The zero-order valence-corrected chi connectivity index (χ0v) is 13.9. The lowest BCUT2D eigenvalue weighted by molar-refractivity contribution is -0.0498. The summed E-state index contributed by atoms with van der Waals surface area (Å²) in [6.07, 6.45) is 7.93. The summed E-state index contributed by atoms with van der Waals surface area (Å²) in [5.41, 5.74) is 2.24. The summed E-state index contributed by atoms with van der Waals surface area (Å²) in [4.78, 5) is 11.9. The Labute approximate surface area is 141 Å². The molecule has 0 aromatic heterocycles. The Morgan fingerprint density at radius 2 is 2.00 bits per heavy atom. The van der Waals surface area contributed by atoms with Gasteiger partial charge in [0.25, 0.3) is 0 Å². The molecule has 1 aromatic rings. The van der Waals surface area contributed by atoms with Gasteiger partial charge in [0.1, 0.15) is 5.75 Å². The van der Waals surface area contributed by atoms with Gasteiger partial charge in [-0.2, -0.15) is 8.78 Å². The molecule has 0 heterocycles. The van der Waals surface area contributed by atoms with Gasteiger partial charge in [-0.3, -0.25) is 0 Å². The first-order chi connectivity index (χ1) is 11.5. The Hall–Kier alpha value is -2.11. The molecule has 24 heavy (non-hydrogen) atoms. The molecule has 0 radical (unpaired) electrons. The van der Waals surface area contributed by atoms with Crippen LogP contribution in [0.5, 0.6) is 5.75 Å². The summed E-state index contributed by atoms with van der Waals surface area (Å²) in [5, 5.41) is 5.69. The SMILES string of the molecule is CC(NC(=O)NCCC1=CCCCC1)c1ccc(OC(F)F)cc1. The highest BCUT2D eigenvalue weighted by molar-refractivity contribution is 5.74. The second-order valence-electron chi connectivity index (χ2n) is 5.93. The van der Waals surface area contributed by atoms with E-state index in [1.54, 1.807) is 12.1 Å². The molecule has 0 saturated carbocycles. The van der Waals surface area contributed by atoms with Gasteiger partial charge in [-0.25, -0.2) is 4.79 Å². The minimum Gasteiger partial charge on any atom is -0.435 e. The Balaban J connectivity index is 1.73. The zero-order chi connectivity index (χ0) is 17.4. The van der Waals surface area contributed by atoms with Crippen LogP contribution in [-0.4, -0.2) is 19.2 Å². The lowest BCUT2D eigenvalue weighted by Gasteiger charge is -2.17. The van der Waals surface area contributed by atoms with E-state index < -0.39 is 6.61 Å². The predicted molar refractivity (Wildman–Crippen MR) is 89.2 cm³/mol. The van der Waals surface area contributed by atoms with Crippen LogP contribution in [0.2, 0.25) is 0 Å². The van der Waals surface area contributed by atoms with Gasteiger partial charge in [0, 0.05) is 6.54 Å². The molecule has 2 rings (SSSR count). The van der Waals surface area contributed by atoms with Crippen molar-refractivity contribution >= 4 is 6.03 Å². The number of allylic oxidation sites excluding steroid dienone is 1. The molecule has 1 atom stereocenters. The first kappa shape index (κ1) is 18.2. The lowest BCUT2D eigenvalue weighted by atomic mass is 9.97. The van der Waals surface area contributed by atoms with Gasteiger partial charge in [0.2, 0.25) is 0 Å². The van der Waals surface area contributed by atoms with Crippen molar-refractivity contribution < 1.29 is 18.3 Å². The van der Waals surface area contributed by atoms with Crippen LogP contribution in [0, 0.1) is 0 Å². The van der Waals surface area contributed by atoms with Crippen molar-refractivity contribution in [2.24, 2.45) is 0 Å². The fourth-order valence-electron chi connectivity index (χ4n) is 2.74. The van der Waals surface area contributed by atoms with Gasteiger partial charge in [-0.1, -0.05) is 23.8 Å². The molecular formula is C18H24F2N2O2. The van der Waals surface area contributed by atoms with Crippen molar-refractivity contribution in [2.75, 3.05) is 6.54 Å². The van der Waals surface area contributed by atoms with Crippen molar-refractivity contribution in [1.82, 2.24) is 10.6 Å². The first-order valence-corrected chi connectivity index (χ1v) is 8.31. The maximum Gasteiger partial charge on any atom is 0.387 e. The lowest BCUT2D eigenvalue weighted by Crippen LogP contribution is -2.37. The number of hydrogen-bond donors (Lipinski definition) is 2. The zero-order valence-electron chi connectivity index (χ0n) is 13.9. The summed E-state index contributed by atoms with van der Waals surface area (Å²) in [7, 11) is 0. The quantitative estimate of drug-likeness (QED) is 0.717. The maximum absolute atomic E-state index is 12.1. The van der Waals surface area contributed by atoms with Crippen molar-refractivity contribution in [3.63, 3.8) is 0 Å². The highest BCUT2D eigenvalue weighted by atomic mass is 19.3. The van der Waals surface area contributed by atoms with E-state index in [1.165, 1.54) is 30.5 Å². The smallest absolute Gasteiger partial charge is 0.387 e. The third-order valence-corrected chi connectivity index (χ3v) is 4.07. The molecule has 0 aliphatic heterocycles. The van der Waals surface area contributed by atoms with E-state index >= 15 is 0 Å². The standard InChI is InChI=1S/C18H24F2N2O2/c1-13(15-7-9-16(10-8-15)24-17(19)20)22-18(23)21-12-11-14-5-3-2-4-6-14/h5,7-10,13,17H,2-4,6,11-12H2,1H3,(H2,21,22,23). The number of alkyl halides is 2. The third-order valence-electron chi connectivity index (χ3n) is 4.07. The van der Waals surface area contributed by atoms with E-state index in [9.17, 15) is 13.6 Å². The van der Waals surface area contributed by atoms with Crippen LogP contribution in [0.3, 0.4) is 0 Å². The van der Waals surface area contributed by atoms with Gasteiger partial charge in [-0.05, 0) is 56.7 Å². The fraction of sp³-hybridized carbons (Fsp3) is 0.500. The summed E-state index contributed by atoms with van der Waals surface area (Å²) in [5.74, 6) is 0.103. The first-order valence-electron chi connectivity index (χ1n) is 8.31. The number of rotatable bonds is 7. The average molecular weight is 338 g/mol.